The van der Waals surface area contributed by atoms with Gasteiger partial charge in [0.2, 0.25) is 0 Å². The molecule has 0 aliphatic rings. The Bertz CT molecular complexity index is 831. The molecule has 0 saturated carbocycles. The average molecular weight is 507 g/mol. The fourth-order valence-electron chi connectivity index (χ4n) is 1.88. The van der Waals surface area contributed by atoms with Crippen LogP contribution in [0, 0.1) is 0 Å². The van der Waals surface area contributed by atoms with Crippen LogP contribution in [-0.2, 0) is 4.79 Å². The Morgan fingerprint density at radius 2 is 2.08 bits per heavy atom. The minimum Gasteiger partial charge on any atom is -0.503 e. The van der Waals surface area contributed by atoms with Gasteiger partial charge in [0.1, 0.15) is 5.75 Å². The van der Waals surface area contributed by atoms with Crippen LogP contribution >= 0.6 is 43.5 Å². The van der Waals surface area contributed by atoms with E-state index in [0.29, 0.717) is 37.6 Å². The van der Waals surface area contributed by atoms with E-state index in [2.05, 4.69) is 42.4 Å². The average Bonchev–Trinajstić information content (AvgIpc) is 2.62. The number of nitrogens with one attached hydrogen (secondary N) is 1. The molecule has 0 aromatic heterocycles. The SMILES string of the molecule is CCOc1cc(C=NNC(=O)COc2cccc(Cl)c2)c(Br)c(Br)c1O. The summed E-state index contributed by atoms with van der Waals surface area (Å²) in [6, 6.07) is 8.35. The summed E-state index contributed by atoms with van der Waals surface area (Å²) in [6.07, 6.45) is 1.42. The van der Waals surface area contributed by atoms with Crippen molar-refractivity contribution < 1.29 is 19.4 Å². The number of rotatable bonds is 7. The van der Waals surface area contributed by atoms with Gasteiger partial charge in [0.15, 0.2) is 18.1 Å². The first kappa shape index (κ1) is 20.5. The topological polar surface area (TPSA) is 80.2 Å². The number of hydrogen-bond acceptors (Lipinski definition) is 5. The highest BCUT2D eigenvalue weighted by atomic mass is 79.9. The number of halogens is 3. The summed E-state index contributed by atoms with van der Waals surface area (Å²) in [7, 11) is 0. The fourth-order valence-corrected chi connectivity index (χ4v) is 2.89. The van der Waals surface area contributed by atoms with Gasteiger partial charge in [0.25, 0.3) is 5.91 Å². The Hall–Kier alpha value is -1.77. The molecule has 9 heteroatoms. The third-order valence-electron chi connectivity index (χ3n) is 3.03. The number of hydrogen-bond donors (Lipinski definition) is 2. The maximum Gasteiger partial charge on any atom is 0.277 e. The largest absolute Gasteiger partial charge is 0.503 e. The van der Waals surface area contributed by atoms with Gasteiger partial charge in [-0.15, -0.1) is 0 Å². The van der Waals surface area contributed by atoms with Gasteiger partial charge in [-0.3, -0.25) is 4.79 Å². The van der Waals surface area contributed by atoms with Gasteiger partial charge >= 0.3 is 0 Å². The normalized spacial score (nSPS) is 10.8. The number of aromatic hydroxyl groups is 1. The second kappa shape index (κ2) is 9.80. The molecule has 2 aromatic carbocycles. The van der Waals surface area contributed by atoms with Crippen molar-refractivity contribution in [3.8, 4) is 17.2 Å². The van der Waals surface area contributed by atoms with E-state index in [0.717, 1.165) is 0 Å². The molecular formula is C17H15Br2ClN2O4. The summed E-state index contributed by atoms with van der Waals surface area (Å²) in [5.74, 6) is 0.345. The molecule has 2 rings (SSSR count). The second-order valence-electron chi connectivity index (χ2n) is 4.91. The Labute approximate surface area is 172 Å². The van der Waals surface area contributed by atoms with Crippen molar-refractivity contribution in [2.45, 2.75) is 6.92 Å². The minimum atomic E-state index is -0.430. The van der Waals surface area contributed by atoms with E-state index in [4.69, 9.17) is 21.1 Å². The quantitative estimate of drug-likeness (QED) is 0.428. The summed E-state index contributed by atoms with van der Waals surface area (Å²) in [5.41, 5.74) is 2.97. The molecular weight excluding hydrogens is 491 g/mol. The number of phenolic OH excluding ortho intramolecular Hbond substituents is 1. The van der Waals surface area contributed by atoms with E-state index in [1.54, 1.807) is 30.3 Å². The minimum absolute atomic E-state index is 0.0187. The lowest BCUT2D eigenvalue weighted by Gasteiger charge is -2.11. The van der Waals surface area contributed by atoms with Crippen LogP contribution in [0.5, 0.6) is 17.2 Å². The molecule has 0 fully saturated rings. The third kappa shape index (κ3) is 5.62. The molecule has 0 unspecified atom stereocenters. The van der Waals surface area contributed by atoms with Gasteiger partial charge in [-0.25, -0.2) is 5.43 Å². The first-order chi connectivity index (χ1) is 12.4. The molecule has 0 aliphatic carbocycles. The zero-order valence-corrected chi connectivity index (χ0v) is 17.6. The highest BCUT2D eigenvalue weighted by Gasteiger charge is 2.14. The maximum absolute atomic E-state index is 11.8. The van der Waals surface area contributed by atoms with Crippen molar-refractivity contribution in [2.75, 3.05) is 13.2 Å². The van der Waals surface area contributed by atoms with E-state index in [1.807, 2.05) is 6.92 Å². The molecule has 0 saturated heterocycles. The number of ether oxygens (including phenoxy) is 2. The number of amides is 1. The number of carbonyl (C=O) groups excluding carboxylic acids is 1. The lowest BCUT2D eigenvalue weighted by atomic mass is 10.2. The standard InChI is InChI=1S/C17H15Br2ClN2O4/c1-2-25-13-6-10(15(18)16(19)17(13)24)8-21-22-14(23)9-26-12-5-3-4-11(20)7-12/h3-8,24H,2,9H2,1H3,(H,22,23). The molecule has 0 bridgehead atoms. The Balaban J connectivity index is 1.98. The molecule has 2 N–H and O–H groups in total. The Kier molecular flexibility index (Phi) is 7.74. The Morgan fingerprint density at radius 3 is 2.77 bits per heavy atom. The van der Waals surface area contributed by atoms with E-state index >= 15 is 0 Å². The van der Waals surface area contributed by atoms with Gasteiger partial charge < -0.3 is 14.6 Å². The zero-order valence-electron chi connectivity index (χ0n) is 13.6. The van der Waals surface area contributed by atoms with Crippen molar-refractivity contribution in [1.29, 1.82) is 0 Å². The van der Waals surface area contributed by atoms with Crippen LogP contribution in [0.2, 0.25) is 5.02 Å². The number of nitrogens with zero attached hydrogens (tertiary/aromatic N) is 1. The molecule has 26 heavy (non-hydrogen) atoms. The molecule has 1 amide bonds. The predicted octanol–water partition coefficient (Wildman–Crippen LogP) is 4.50. The van der Waals surface area contributed by atoms with Crippen LogP contribution in [0.1, 0.15) is 12.5 Å². The van der Waals surface area contributed by atoms with Crippen LogP contribution < -0.4 is 14.9 Å². The number of carbonyl (C=O) groups is 1. The number of benzene rings is 2. The second-order valence-corrected chi connectivity index (χ2v) is 6.94. The maximum atomic E-state index is 11.8. The molecule has 0 heterocycles. The summed E-state index contributed by atoms with van der Waals surface area (Å²) in [6.45, 7) is 2.00. The first-order valence-electron chi connectivity index (χ1n) is 7.46. The summed E-state index contributed by atoms with van der Waals surface area (Å²) in [5, 5.41) is 14.4. The molecule has 2 aromatic rings. The molecule has 138 valence electrons. The highest BCUT2D eigenvalue weighted by Crippen LogP contribution is 2.41. The van der Waals surface area contributed by atoms with Crippen LogP contribution in [0.4, 0.5) is 0 Å². The monoisotopic (exact) mass is 504 g/mol. The van der Waals surface area contributed by atoms with Gasteiger partial charge in [-0.05, 0) is 63.0 Å². The summed E-state index contributed by atoms with van der Waals surface area (Å²) in [4.78, 5) is 11.8. The smallest absolute Gasteiger partial charge is 0.277 e. The van der Waals surface area contributed by atoms with Crippen LogP contribution in [0.3, 0.4) is 0 Å². The van der Waals surface area contributed by atoms with Crippen molar-refractivity contribution in [2.24, 2.45) is 5.10 Å². The van der Waals surface area contributed by atoms with E-state index < -0.39 is 5.91 Å². The van der Waals surface area contributed by atoms with Crippen LogP contribution in [0.15, 0.2) is 44.4 Å². The van der Waals surface area contributed by atoms with Crippen molar-refractivity contribution in [1.82, 2.24) is 5.43 Å². The van der Waals surface area contributed by atoms with E-state index in [1.165, 1.54) is 6.21 Å². The van der Waals surface area contributed by atoms with Gasteiger partial charge in [-0.1, -0.05) is 17.7 Å². The van der Waals surface area contributed by atoms with Crippen molar-refractivity contribution >= 4 is 55.6 Å². The third-order valence-corrected chi connectivity index (χ3v) is 5.43. The zero-order chi connectivity index (χ0) is 19.1. The van der Waals surface area contributed by atoms with Crippen molar-refractivity contribution in [3.05, 3.63) is 49.9 Å². The summed E-state index contributed by atoms with van der Waals surface area (Å²) < 4.78 is 11.7. The fraction of sp³-hybridized carbons (Fsp3) is 0.176. The van der Waals surface area contributed by atoms with Gasteiger partial charge in [0, 0.05) is 15.1 Å². The molecule has 0 atom stereocenters. The number of hydrazone groups is 1. The Morgan fingerprint density at radius 1 is 1.31 bits per heavy atom. The lowest BCUT2D eigenvalue weighted by Crippen LogP contribution is -2.24. The van der Waals surface area contributed by atoms with E-state index in [9.17, 15) is 9.90 Å². The molecule has 0 aliphatic heterocycles. The molecule has 0 spiro atoms. The molecule has 6 nitrogen and oxygen atoms in total. The van der Waals surface area contributed by atoms with Crippen LogP contribution in [0.25, 0.3) is 0 Å². The summed E-state index contributed by atoms with van der Waals surface area (Å²) >= 11 is 12.5. The lowest BCUT2D eigenvalue weighted by molar-refractivity contribution is -0.123. The predicted molar refractivity (Wildman–Crippen MR) is 107 cm³/mol. The van der Waals surface area contributed by atoms with Gasteiger partial charge in [-0.2, -0.15) is 5.10 Å². The van der Waals surface area contributed by atoms with Crippen molar-refractivity contribution in [3.63, 3.8) is 0 Å². The van der Waals surface area contributed by atoms with Gasteiger partial charge in [0.05, 0.1) is 17.3 Å². The van der Waals surface area contributed by atoms with E-state index in [-0.39, 0.29) is 12.4 Å². The first-order valence-corrected chi connectivity index (χ1v) is 9.42. The molecule has 0 radical (unpaired) electrons. The number of phenols is 1. The highest BCUT2D eigenvalue weighted by molar-refractivity contribution is 9.13. The van der Waals surface area contributed by atoms with Crippen LogP contribution in [-0.4, -0.2) is 30.4 Å².